The van der Waals surface area contributed by atoms with Crippen LogP contribution in [0.2, 0.25) is 0 Å². The highest BCUT2D eigenvalue weighted by molar-refractivity contribution is 5.20. The Morgan fingerprint density at radius 1 is 1.19 bits per heavy atom. The van der Waals surface area contributed by atoms with Crippen LogP contribution in [0.4, 0.5) is 8.78 Å². The number of benzene rings is 1. The molecule has 0 spiro atoms. The summed E-state index contributed by atoms with van der Waals surface area (Å²) in [7, 11) is 0. The van der Waals surface area contributed by atoms with Crippen LogP contribution in [0.15, 0.2) is 30.3 Å². The molecule has 1 aliphatic heterocycles. The summed E-state index contributed by atoms with van der Waals surface area (Å²) < 4.78 is 28.9. The van der Waals surface area contributed by atoms with Gasteiger partial charge < -0.3 is 5.32 Å². The summed E-state index contributed by atoms with van der Waals surface area (Å²) in [5.41, 5.74) is 0.112. The number of nitrogens with zero attached hydrogens (tertiary/aromatic N) is 1. The quantitative estimate of drug-likeness (QED) is 0.864. The van der Waals surface area contributed by atoms with Gasteiger partial charge in [0.1, 0.15) is 0 Å². The first-order chi connectivity index (χ1) is 9.99. The maximum atomic E-state index is 14.5. The monoisotopic (exact) mass is 296 g/mol. The molecule has 21 heavy (non-hydrogen) atoms. The summed E-state index contributed by atoms with van der Waals surface area (Å²) in [6, 6.07) is 8.29. The van der Waals surface area contributed by atoms with Gasteiger partial charge in [0.15, 0.2) is 0 Å². The van der Waals surface area contributed by atoms with Crippen molar-refractivity contribution < 1.29 is 8.78 Å². The number of hydrogen-bond acceptors (Lipinski definition) is 2. The number of piperidine rings is 1. The van der Waals surface area contributed by atoms with E-state index in [2.05, 4.69) is 5.32 Å². The van der Waals surface area contributed by atoms with Crippen LogP contribution in [0.25, 0.3) is 0 Å². The van der Waals surface area contributed by atoms with Gasteiger partial charge in [-0.05, 0) is 45.7 Å². The van der Waals surface area contributed by atoms with Gasteiger partial charge in [-0.15, -0.1) is 0 Å². The number of hydrogen-bond donors (Lipinski definition) is 1. The molecule has 1 aromatic carbocycles. The van der Waals surface area contributed by atoms with E-state index >= 15 is 0 Å². The van der Waals surface area contributed by atoms with Gasteiger partial charge in [-0.2, -0.15) is 8.78 Å². The summed E-state index contributed by atoms with van der Waals surface area (Å²) >= 11 is 0. The fourth-order valence-electron chi connectivity index (χ4n) is 2.88. The van der Waals surface area contributed by atoms with Crippen LogP contribution in [-0.4, -0.2) is 37.1 Å². The van der Waals surface area contributed by atoms with E-state index in [0.29, 0.717) is 5.92 Å². The minimum atomic E-state index is -2.79. The lowest BCUT2D eigenvalue weighted by molar-refractivity contribution is -0.0493. The molecule has 1 saturated heterocycles. The molecular weight excluding hydrogens is 270 g/mol. The molecule has 1 heterocycles. The molecule has 0 radical (unpaired) electrons. The molecule has 0 unspecified atom stereocenters. The first-order valence-electron chi connectivity index (χ1n) is 7.87. The summed E-state index contributed by atoms with van der Waals surface area (Å²) in [6.45, 7) is 6.59. The number of halogens is 2. The summed E-state index contributed by atoms with van der Waals surface area (Å²) in [4.78, 5) is 1.93. The average molecular weight is 296 g/mol. The minimum absolute atomic E-state index is 0.112. The lowest BCUT2D eigenvalue weighted by atomic mass is 9.96. The van der Waals surface area contributed by atoms with Gasteiger partial charge in [0.25, 0.3) is 5.92 Å². The van der Waals surface area contributed by atoms with Gasteiger partial charge in [0.2, 0.25) is 0 Å². The van der Waals surface area contributed by atoms with Crippen molar-refractivity contribution in [3.05, 3.63) is 35.9 Å². The van der Waals surface area contributed by atoms with Gasteiger partial charge in [0.05, 0.1) is 6.54 Å². The Labute approximate surface area is 126 Å². The van der Waals surface area contributed by atoms with E-state index in [-0.39, 0.29) is 18.2 Å². The highest BCUT2D eigenvalue weighted by Gasteiger charge is 2.35. The van der Waals surface area contributed by atoms with Gasteiger partial charge >= 0.3 is 0 Å². The maximum absolute atomic E-state index is 14.5. The molecule has 1 aliphatic rings. The van der Waals surface area contributed by atoms with Crippen LogP contribution < -0.4 is 5.32 Å². The zero-order chi connectivity index (χ0) is 15.3. The van der Waals surface area contributed by atoms with Gasteiger partial charge in [-0.3, -0.25) is 4.90 Å². The SMILES string of the molecule is CC(C)N(CC1CCNCC1)CC(F)(F)c1ccccc1. The predicted molar refractivity (Wildman–Crippen MR) is 82.6 cm³/mol. The number of alkyl halides is 2. The third kappa shape index (κ3) is 4.75. The van der Waals surface area contributed by atoms with E-state index in [4.69, 9.17) is 0 Å². The average Bonchev–Trinajstić information content (AvgIpc) is 2.48. The minimum Gasteiger partial charge on any atom is -0.317 e. The Hall–Kier alpha value is -1.00. The normalized spacial score (nSPS) is 17.6. The van der Waals surface area contributed by atoms with Crippen LogP contribution in [0.5, 0.6) is 0 Å². The zero-order valence-electron chi connectivity index (χ0n) is 13.0. The van der Waals surface area contributed by atoms with Crippen molar-refractivity contribution in [2.24, 2.45) is 5.92 Å². The molecular formula is C17H26F2N2. The maximum Gasteiger partial charge on any atom is 0.285 e. The lowest BCUT2D eigenvalue weighted by Crippen LogP contribution is -2.44. The smallest absolute Gasteiger partial charge is 0.285 e. The van der Waals surface area contributed by atoms with Crippen molar-refractivity contribution in [1.29, 1.82) is 0 Å². The number of nitrogens with one attached hydrogen (secondary N) is 1. The van der Waals surface area contributed by atoms with Crippen molar-refractivity contribution in [1.82, 2.24) is 10.2 Å². The Balaban J connectivity index is 2.01. The molecule has 0 amide bonds. The van der Waals surface area contributed by atoms with Crippen molar-refractivity contribution >= 4 is 0 Å². The summed E-state index contributed by atoms with van der Waals surface area (Å²) in [5, 5.41) is 3.32. The van der Waals surface area contributed by atoms with Gasteiger partial charge in [-0.1, -0.05) is 30.3 Å². The fourth-order valence-corrected chi connectivity index (χ4v) is 2.88. The lowest BCUT2D eigenvalue weighted by Gasteiger charge is -2.35. The van der Waals surface area contributed by atoms with Crippen LogP contribution in [-0.2, 0) is 5.92 Å². The highest BCUT2D eigenvalue weighted by atomic mass is 19.3. The van der Waals surface area contributed by atoms with Crippen molar-refractivity contribution in [3.63, 3.8) is 0 Å². The molecule has 0 saturated carbocycles. The molecule has 0 aliphatic carbocycles. The molecule has 2 nitrogen and oxygen atoms in total. The Morgan fingerprint density at radius 2 is 1.81 bits per heavy atom. The van der Waals surface area contributed by atoms with E-state index in [1.807, 2.05) is 18.7 Å². The second-order valence-electron chi connectivity index (χ2n) is 6.29. The standard InChI is InChI=1S/C17H26F2N2/c1-14(2)21(12-15-8-10-20-11-9-15)13-17(18,19)16-6-4-3-5-7-16/h3-7,14-15,20H,8-13H2,1-2H3. The van der Waals surface area contributed by atoms with E-state index in [0.717, 1.165) is 32.5 Å². The van der Waals surface area contributed by atoms with Crippen molar-refractivity contribution in [2.45, 2.75) is 38.7 Å². The molecule has 1 aromatic rings. The second-order valence-corrected chi connectivity index (χ2v) is 6.29. The third-order valence-electron chi connectivity index (χ3n) is 4.28. The highest BCUT2D eigenvalue weighted by Crippen LogP contribution is 2.30. The third-order valence-corrected chi connectivity index (χ3v) is 4.28. The molecule has 2 rings (SSSR count). The van der Waals surface area contributed by atoms with Gasteiger partial charge in [0, 0.05) is 18.2 Å². The molecule has 118 valence electrons. The van der Waals surface area contributed by atoms with Crippen LogP contribution in [0.1, 0.15) is 32.3 Å². The van der Waals surface area contributed by atoms with E-state index in [1.165, 1.54) is 12.1 Å². The molecule has 1 fully saturated rings. The molecule has 1 N–H and O–H groups in total. The fraction of sp³-hybridized carbons (Fsp3) is 0.647. The first kappa shape index (κ1) is 16.4. The van der Waals surface area contributed by atoms with E-state index < -0.39 is 5.92 Å². The first-order valence-corrected chi connectivity index (χ1v) is 7.87. The Morgan fingerprint density at radius 3 is 2.38 bits per heavy atom. The molecule has 4 heteroatoms. The Kier molecular flexibility index (Phi) is 5.71. The summed E-state index contributed by atoms with van der Waals surface area (Å²) in [6.07, 6.45) is 2.17. The van der Waals surface area contributed by atoms with Crippen molar-refractivity contribution in [3.8, 4) is 0 Å². The predicted octanol–water partition coefficient (Wildman–Crippen LogP) is 3.49. The topological polar surface area (TPSA) is 15.3 Å². The van der Waals surface area contributed by atoms with Crippen LogP contribution >= 0.6 is 0 Å². The molecule has 0 atom stereocenters. The van der Waals surface area contributed by atoms with E-state index in [9.17, 15) is 8.78 Å². The van der Waals surface area contributed by atoms with E-state index in [1.54, 1.807) is 18.2 Å². The molecule has 0 aromatic heterocycles. The second kappa shape index (κ2) is 7.32. The zero-order valence-corrected chi connectivity index (χ0v) is 13.0. The Bertz CT molecular complexity index is 414. The van der Waals surface area contributed by atoms with Crippen LogP contribution in [0.3, 0.4) is 0 Å². The number of rotatable bonds is 6. The van der Waals surface area contributed by atoms with Gasteiger partial charge in [-0.25, -0.2) is 0 Å². The summed E-state index contributed by atoms with van der Waals surface area (Å²) in [5.74, 6) is -2.27. The van der Waals surface area contributed by atoms with Crippen LogP contribution in [0, 0.1) is 5.92 Å². The van der Waals surface area contributed by atoms with Crippen molar-refractivity contribution in [2.75, 3.05) is 26.2 Å². The largest absolute Gasteiger partial charge is 0.317 e. The molecule has 0 bridgehead atoms.